The molecule has 1 aliphatic carbocycles. The number of H-pyrrole nitrogens is 1. The van der Waals surface area contributed by atoms with Crippen molar-refractivity contribution in [2.24, 2.45) is 0 Å². The van der Waals surface area contributed by atoms with E-state index in [1.807, 2.05) is 12.4 Å². The first-order valence-corrected chi connectivity index (χ1v) is 3.40. The summed E-state index contributed by atoms with van der Waals surface area (Å²) in [6, 6.07) is 6.32. The van der Waals surface area contributed by atoms with E-state index in [4.69, 9.17) is 0 Å². The maximum atomic E-state index is 3.09. The van der Waals surface area contributed by atoms with Gasteiger partial charge in [-0.05, 0) is 23.6 Å². The van der Waals surface area contributed by atoms with Gasteiger partial charge in [0.05, 0.1) is 0 Å². The van der Waals surface area contributed by atoms with Gasteiger partial charge in [0.15, 0.2) is 0 Å². The second-order valence-electron chi connectivity index (χ2n) is 2.53. The zero-order chi connectivity index (χ0) is 6.97. The largest absolute Gasteiger partial charge is 0.367 e. The highest BCUT2D eigenvalue weighted by molar-refractivity contribution is 5.68. The highest BCUT2D eigenvalue weighted by Crippen LogP contribution is 2.24. The van der Waals surface area contributed by atoms with E-state index < -0.39 is 0 Å². The number of hydrogen-bond acceptors (Lipinski definition) is 0. The number of hydrogen-bond donors (Lipinski definition) is 1. The Kier molecular flexibility index (Phi) is 1.04. The predicted molar refractivity (Wildman–Crippen MR) is 42.2 cm³/mol. The molecule has 1 heterocycles. The Balaban J connectivity index is 2.80. The zero-order valence-electron chi connectivity index (χ0n) is 5.89. The Morgan fingerprint density at radius 2 is 2.10 bits per heavy atom. The van der Waals surface area contributed by atoms with Crippen LogP contribution in [0.15, 0.2) is 30.6 Å². The molecule has 1 nitrogen and oxygen atoms in total. The summed E-state index contributed by atoms with van der Waals surface area (Å²) >= 11 is 0. The van der Waals surface area contributed by atoms with Crippen molar-refractivity contribution in [1.82, 2.24) is 4.98 Å². The molecule has 1 aliphatic heterocycles. The smallest absolute Gasteiger partial charge is 0.00838 e. The Labute approximate surface area is 60.0 Å². The highest BCUT2D eigenvalue weighted by Gasteiger charge is 2.01. The average molecular weight is 131 g/mol. The molecule has 50 valence electrons. The third kappa shape index (κ3) is 0.637. The van der Waals surface area contributed by atoms with Crippen LogP contribution in [0.5, 0.6) is 0 Å². The Morgan fingerprint density at radius 3 is 2.90 bits per heavy atom. The van der Waals surface area contributed by atoms with Crippen LogP contribution in [0.1, 0.15) is 5.56 Å². The van der Waals surface area contributed by atoms with Gasteiger partial charge >= 0.3 is 0 Å². The summed E-state index contributed by atoms with van der Waals surface area (Å²) < 4.78 is 0. The molecule has 1 N–H and O–H groups in total. The van der Waals surface area contributed by atoms with Gasteiger partial charge in [-0.3, -0.25) is 0 Å². The molecule has 0 saturated heterocycles. The topological polar surface area (TPSA) is 15.8 Å². The fourth-order valence-corrected chi connectivity index (χ4v) is 1.25. The SMILES string of the molecule is Cc1c[nH]cc2cccc1-2. The molecule has 10 heavy (non-hydrogen) atoms. The minimum atomic E-state index is 1.29. The Bertz CT molecular complexity index is 309. The number of aromatic nitrogens is 1. The van der Waals surface area contributed by atoms with Gasteiger partial charge in [-0.15, -0.1) is 0 Å². The number of fused-ring (bicyclic) bond motifs is 1. The van der Waals surface area contributed by atoms with Crippen LogP contribution in [0.2, 0.25) is 0 Å². The van der Waals surface area contributed by atoms with E-state index in [9.17, 15) is 0 Å². The van der Waals surface area contributed by atoms with Crippen molar-refractivity contribution in [3.8, 4) is 11.1 Å². The lowest BCUT2D eigenvalue weighted by Gasteiger charge is -2.00. The van der Waals surface area contributed by atoms with Crippen LogP contribution in [0.3, 0.4) is 0 Å². The molecule has 0 spiro atoms. The second-order valence-corrected chi connectivity index (χ2v) is 2.53. The second kappa shape index (κ2) is 1.87. The fourth-order valence-electron chi connectivity index (χ4n) is 1.25. The van der Waals surface area contributed by atoms with E-state index in [0.29, 0.717) is 0 Å². The molecule has 0 atom stereocenters. The van der Waals surface area contributed by atoms with Gasteiger partial charge < -0.3 is 4.98 Å². The molecular weight excluding hydrogens is 122 g/mol. The van der Waals surface area contributed by atoms with Gasteiger partial charge in [-0.2, -0.15) is 0 Å². The monoisotopic (exact) mass is 131 g/mol. The van der Waals surface area contributed by atoms with Gasteiger partial charge in [0.25, 0.3) is 0 Å². The lowest BCUT2D eigenvalue weighted by molar-refractivity contribution is 1.27. The number of nitrogens with one attached hydrogen (secondary N) is 1. The van der Waals surface area contributed by atoms with Crippen molar-refractivity contribution >= 4 is 0 Å². The maximum absolute atomic E-state index is 3.09. The molecule has 0 unspecified atom stereocenters. The molecule has 0 radical (unpaired) electrons. The molecular formula is C9H9N. The molecule has 0 amide bonds. The first-order valence-electron chi connectivity index (χ1n) is 3.40. The fraction of sp³-hybridized carbons (Fsp3) is 0.111. The average Bonchev–Trinajstić information content (AvgIpc) is 2.36. The van der Waals surface area contributed by atoms with Gasteiger partial charge in [-0.1, -0.05) is 18.2 Å². The minimum Gasteiger partial charge on any atom is -0.367 e. The molecule has 0 aromatic rings. The van der Waals surface area contributed by atoms with Crippen molar-refractivity contribution in [1.29, 1.82) is 0 Å². The first-order chi connectivity index (χ1) is 4.88. The molecule has 0 bridgehead atoms. The van der Waals surface area contributed by atoms with Crippen LogP contribution in [-0.4, -0.2) is 4.98 Å². The Hall–Kier alpha value is -1.24. The summed E-state index contributed by atoms with van der Waals surface area (Å²) in [7, 11) is 0. The third-order valence-corrected chi connectivity index (χ3v) is 1.81. The predicted octanol–water partition coefficient (Wildman–Crippen LogP) is 2.43. The normalized spacial score (nSPS) is 10.5. The highest BCUT2D eigenvalue weighted by atomic mass is 14.6. The van der Waals surface area contributed by atoms with Crippen molar-refractivity contribution in [2.75, 3.05) is 0 Å². The van der Waals surface area contributed by atoms with Gasteiger partial charge in [0.1, 0.15) is 0 Å². The molecule has 0 saturated carbocycles. The molecule has 2 aliphatic rings. The summed E-state index contributed by atoms with van der Waals surface area (Å²) in [5.41, 5.74) is 3.95. The van der Waals surface area contributed by atoms with Crippen molar-refractivity contribution in [3.63, 3.8) is 0 Å². The van der Waals surface area contributed by atoms with Gasteiger partial charge in [0.2, 0.25) is 0 Å². The molecule has 0 fully saturated rings. The van der Waals surface area contributed by atoms with E-state index in [1.165, 1.54) is 16.7 Å². The third-order valence-electron chi connectivity index (χ3n) is 1.81. The quantitative estimate of drug-likeness (QED) is 0.565. The van der Waals surface area contributed by atoms with Crippen LogP contribution in [0.25, 0.3) is 11.1 Å². The summed E-state index contributed by atoms with van der Waals surface area (Å²) in [4.78, 5) is 3.09. The lowest BCUT2D eigenvalue weighted by atomic mass is 10.1. The van der Waals surface area contributed by atoms with Crippen LogP contribution >= 0.6 is 0 Å². The maximum Gasteiger partial charge on any atom is 0.00838 e. The summed E-state index contributed by atoms with van der Waals surface area (Å²) in [5.74, 6) is 0. The van der Waals surface area contributed by atoms with Crippen LogP contribution < -0.4 is 0 Å². The number of aromatic amines is 1. The Morgan fingerprint density at radius 1 is 1.20 bits per heavy atom. The van der Waals surface area contributed by atoms with Crippen molar-refractivity contribution < 1.29 is 0 Å². The molecule has 2 rings (SSSR count). The molecule has 1 heteroatoms. The van der Waals surface area contributed by atoms with E-state index >= 15 is 0 Å². The summed E-state index contributed by atoms with van der Waals surface area (Å²) in [6.07, 6.45) is 4.03. The number of rotatable bonds is 0. The van der Waals surface area contributed by atoms with Crippen molar-refractivity contribution in [2.45, 2.75) is 6.92 Å². The van der Waals surface area contributed by atoms with Gasteiger partial charge in [0, 0.05) is 12.4 Å². The van der Waals surface area contributed by atoms with Crippen molar-refractivity contribution in [3.05, 3.63) is 36.2 Å². The van der Waals surface area contributed by atoms with E-state index in [2.05, 4.69) is 30.1 Å². The van der Waals surface area contributed by atoms with Crippen LogP contribution in [0, 0.1) is 6.92 Å². The standard InChI is InChI=1S/C9H9N/c1-7-5-10-6-8-3-2-4-9(7)8/h2-6,10H,1H3. The zero-order valence-corrected chi connectivity index (χ0v) is 5.89. The minimum absolute atomic E-state index is 1.29. The molecule has 0 aromatic heterocycles. The van der Waals surface area contributed by atoms with E-state index in [1.54, 1.807) is 0 Å². The number of aryl methyl sites for hydroxylation is 1. The van der Waals surface area contributed by atoms with Crippen LogP contribution in [-0.2, 0) is 0 Å². The van der Waals surface area contributed by atoms with E-state index in [0.717, 1.165) is 0 Å². The van der Waals surface area contributed by atoms with Crippen LogP contribution in [0.4, 0.5) is 0 Å². The summed E-state index contributed by atoms with van der Waals surface area (Å²) in [5, 5.41) is 0. The lowest BCUT2D eigenvalue weighted by Crippen LogP contribution is -1.81. The summed E-state index contributed by atoms with van der Waals surface area (Å²) in [6.45, 7) is 2.11. The van der Waals surface area contributed by atoms with E-state index in [-0.39, 0.29) is 0 Å². The van der Waals surface area contributed by atoms with Gasteiger partial charge in [-0.25, -0.2) is 0 Å². The molecule has 0 aromatic carbocycles. The first kappa shape index (κ1) is 5.54. The number of pyridine rings is 1.